The van der Waals surface area contributed by atoms with Crippen LogP contribution in [-0.4, -0.2) is 36.0 Å². The van der Waals surface area contributed by atoms with Crippen molar-refractivity contribution in [2.24, 2.45) is 7.05 Å². The lowest BCUT2D eigenvalue weighted by Gasteiger charge is -2.06. The topological polar surface area (TPSA) is 77.6 Å². The molecule has 1 amide bonds. The van der Waals surface area contributed by atoms with E-state index < -0.39 is 0 Å². The van der Waals surface area contributed by atoms with E-state index in [-0.39, 0.29) is 11.7 Å². The van der Waals surface area contributed by atoms with Crippen LogP contribution in [0.2, 0.25) is 0 Å². The molecule has 0 unspecified atom stereocenters. The lowest BCUT2D eigenvalue weighted by molar-refractivity contribution is -0.113. The molecular weight excluding hydrogens is 360 g/mol. The third-order valence-electron chi connectivity index (χ3n) is 4.15. The Hall–Kier alpha value is -3.13. The van der Waals surface area contributed by atoms with Gasteiger partial charge in [0, 0.05) is 12.7 Å². The number of hydrogen-bond acceptors (Lipinski definition) is 5. The van der Waals surface area contributed by atoms with Crippen molar-refractivity contribution in [3.8, 4) is 0 Å². The molecule has 0 spiro atoms. The van der Waals surface area contributed by atoms with Gasteiger partial charge in [-0.25, -0.2) is 4.98 Å². The number of carbonyl (C=O) groups is 1. The zero-order valence-electron chi connectivity index (χ0n) is 14.7. The highest BCUT2D eigenvalue weighted by atomic mass is 32.2. The van der Waals surface area contributed by atoms with Crippen LogP contribution in [0.3, 0.4) is 0 Å². The summed E-state index contributed by atoms with van der Waals surface area (Å²) < 4.78 is 3.95. The fourth-order valence-corrected chi connectivity index (χ4v) is 3.48. The molecule has 0 aliphatic heterocycles. The molecule has 1 N–H and O–H groups in total. The number of aromatic nitrogens is 5. The molecule has 0 aliphatic carbocycles. The predicted molar refractivity (Wildman–Crippen MR) is 106 cm³/mol. The average Bonchev–Trinajstić information content (AvgIpc) is 3.26. The summed E-state index contributed by atoms with van der Waals surface area (Å²) in [7, 11) is 1.91. The van der Waals surface area contributed by atoms with E-state index in [0.29, 0.717) is 11.7 Å². The van der Waals surface area contributed by atoms with Gasteiger partial charge in [0.05, 0.1) is 29.7 Å². The minimum atomic E-state index is -0.0728. The molecule has 136 valence electrons. The van der Waals surface area contributed by atoms with E-state index in [9.17, 15) is 4.79 Å². The van der Waals surface area contributed by atoms with E-state index in [4.69, 9.17) is 0 Å². The second-order valence-electron chi connectivity index (χ2n) is 6.02. The van der Waals surface area contributed by atoms with Gasteiger partial charge in [-0.3, -0.25) is 4.79 Å². The number of para-hydroxylation sites is 3. The fourth-order valence-electron chi connectivity index (χ4n) is 2.75. The summed E-state index contributed by atoms with van der Waals surface area (Å²) in [5.41, 5.74) is 2.79. The molecule has 2 aromatic carbocycles. The standard InChI is InChI=1S/C19H18N6OS/c1-24-17(11-25-13-20-15-9-5-6-10-16(15)25)22-23-19(24)27-12-18(26)21-14-7-3-2-4-8-14/h2-10,13H,11-12H2,1H3,(H,21,26). The van der Waals surface area contributed by atoms with Crippen molar-refractivity contribution in [2.75, 3.05) is 11.1 Å². The van der Waals surface area contributed by atoms with E-state index in [1.165, 1.54) is 11.8 Å². The Morgan fingerprint density at radius 2 is 1.85 bits per heavy atom. The lowest BCUT2D eigenvalue weighted by atomic mass is 10.3. The summed E-state index contributed by atoms with van der Waals surface area (Å²) in [4.78, 5) is 16.5. The van der Waals surface area contributed by atoms with Crippen molar-refractivity contribution in [1.29, 1.82) is 0 Å². The molecule has 7 nitrogen and oxygen atoms in total. The first-order valence-electron chi connectivity index (χ1n) is 8.46. The first-order valence-corrected chi connectivity index (χ1v) is 9.45. The van der Waals surface area contributed by atoms with Crippen LogP contribution in [0.1, 0.15) is 5.82 Å². The smallest absolute Gasteiger partial charge is 0.234 e. The van der Waals surface area contributed by atoms with Crippen LogP contribution in [0, 0.1) is 0 Å². The number of nitrogens with one attached hydrogen (secondary N) is 1. The van der Waals surface area contributed by atoms with Gasteiger partial charge in [0.25, 0.3) is 0 Å². The van der Waals surface area contributed by atoms with Gasteiger partial charge in [-0.05, 0) is 24.3 Å². The summed E-state index contributed by atoms with van der Waals surface area (Å²) >= 11 is 1.36. The Morgan fingerprint density at radius 3 is 2.70 bits per heavy atom. The fraction of sp³-hybridized carbons (Fsp3) is 0.158. The number of nitrogens with zero attached hydrogens (tertiary/aromatic N) is 5. The van der Waals surface area contributed by atoms with Gasteiger partial charge in [-0.1, -0.05) is 42.1 Å². The number of anilines is 1. The van der Waals surface area contributed by atoms with Crippen molar-refractivity contribution in [3.05, 3.63) is 66.7 Å². The maximum atomic E-state index is 12.1. The van der Waals surface area contributed by atoms with Crippen molar-refractivity contribution < 1.29 is 4.79 Å². The number of hydrogen-bond donors (Lipinski definition) is 1. The van der Waals surface area contributed by atoms with Crippen LogP contribution in [0.5, 0.6) is 0 Å². The highest BCUT2D eigenvalue weighted by Gasteiger charge is 2.13. The minimum Gasteiger partial charge on any atom is -0.325 e. The molecule has 8 heteroatoms. The quantitative estimate of drug-likeness (QED) is 0.522. The van der Waals surface area contributed by atoms with Gasteiger partial charge in [0.1, 0.15) is 0 Å². The van der Waals surface area contributed by atoms with Crippen molar-refractivity contribution in [2.45, 2.75) is 11.7 Å². The summed E-state index contributed by atoms with van der Waals surface area (Å²) in [6.45, 7) is 0.570. The maximum Gasteiger partial charge on any atom is 0.234 e. The van der Waals surface area contributed by atoms with Gasteiger partial charge in [0.2, 0.25) is 5.91 Å². The Balaban J connectivity index is 1.41. The molecule has 0 bridgehead atoms. The zero-order chi connectivity index (χ0) is 18.6. The summed E-state index contributed by atoms with van der Waals surface area (Å²) in [6.07, 6.45) is 1.81. The van der Waals surface area contributed by atoms with Crippen LogP contribution in [0.15, 0.2) is 66.1 Å². The first-order chi connectivity index (χ1) is 13.2. The van der Waals surface area contributed by atoms with E-state index in [2.05, 4.69) is 20.5 Å². The monoisotopic (exact) mass is 378 g/mol. The van der Waals surface area contributed by atoms with E-state index in [1.807, 2.05) is 70.8 Å². The minimum absolute atomic E-state index is 0.0728. The molecule has 0 aliphatic rings. The molecule has 4 aromatic rings. The van der Waals surface area contributed by atoms with Crippen LogP contribution < -0.4 is 5.32 Å². The van der Waals surface area contributed by atoms with Crippen LogP contribution in [0.25, 0.3) is 11.0 Å². The molecular formula is C19H18N6OS. The van der Waals surface area contributed by atoms with Gasteiger partial charge in [0.15, 0.2) is 11.0 Å². The van der Waals surface area contributed by atoms with Gasteiger partial charge in [-0.2, -0.15) is 0 Å². The highest BCUT2D eigenvalue weighted by molar-refractivity contribution is 7.99. The molecule has 4 rings (SSSR count). The van der Waals surface area contributed by atoms with E-state index in [0.717, 1.165) is 22.5 Å². The Labute approximate surface area is 160 Å². The van der Waals surface area contributed by atoms with Crippen LogP contribution in [0.4, 0.5) is 5.69 Å². The van der Waals surface area contributed by atoms with Crippen molar-refractivity contribution >= 4 is 34.4 Å². The molecule has 27 heavy (non-hydrogen) atoms. The second kappa shape index (κ2) is 7.63. The van der Waals surface area contributed by atoms with E-state index >= 15 is 0 Å². The number of imidazole rings is 1. The second-order valence-corrected chi connectivity index (χ2v) is 6.96. The number of benzene rings is 2. The Kier molecular flexibility index (Phi) is 4.88. The van der Waals surface area contributed by atoms with Gasteiger partial charge >= 0.3 is 0 Å². The lowest BCUT2D eigenvalue weighted by Crippen LogP contribution is -2.14. The van der Waals surface area contributed by atoms with E-state index in [1.54, 1.807) is 6.33 Å². The molecule has 0 atom stereocenters. The third-order valence-corrected chi connectivity index (χ3v) is 5.17. The average molecular weight is 378 g/mol. The van der Waals surface area contributed by atoms with Crippen LogP contribution in [-0.2, 0) is 18.4 Å². The molecule has 2 heterocycles. The Morgan fingerprint density at radius 1 is 1.07 bits per heavy atom. The first kappa shape index (κ1) is 17.3. The van der Waals surface area contributed by atoms with Gasteiger partial charge in [-0.15, -0.1) is 10.2 Å². The highest BCUT2D eigenvalue weighted by Crippen LogP contribution is 2.18. The number of carbonyl (C=O) groups excluding carboxylic acids is 1. The molecule has 0 saturated heterocycles. The number of amides is 1. The Bertz CT molecular complexity index is 1070. The summed E-state index contributed by atoms with van der Waals surface area (Å²) in [5, 5.41) is 12.1. The molecule has 0 saturated carbocycles. The predicted octanol–water partition coefficient (Wildman–Crippen LogP) is 2.94. The summed E-state index contributed by atoms with van der Waals surface area (Å²) in [5.74, 6) is 1.01. The van der Waals surface area contributed by atoms with Crippen molar-refractivity contribution in [1.82, 2.24) is 24.3 Å². The summed E-state index contributed by atoms with van der Waals surface area (Å²) in [6, 6.07) is 17.4. The molecule has 0 radical (unpaired) electrons. The number of thioether (sulfide) groups is 1. The third kappa shape index (κ3) is 3.85. The van der Waals surface area contributed by atoms with Crippen molar-refractivity contribution in [3.63, 3.8) is 0 Å². The van der Waals surface area contributed by atoms with Crippen LogP contribution >= 0.6 is 11.8 Å². The maximum absolute atomic E-state index is 12.1. The zero-order valence-corrected chi connectivity index (χ0v) is 15.6. The molecule has 0 fully saturated rings. The SMILES string of the molecule is Cn1c(Cn2cnc3ccccc32)nnc1SCC(=O)Nc1ccccc1. The largest absolute Gasteiger partial charge is 0.325 e. The normalized spacial score (nSPS) is 11.0. The molecule has 2 aromatic heterocycles. The van der Waals surface area contributed by atoms with Gasteiger partial charge < -0.3 is 14.5 Å². The number of fused-ring (bicyclic) bond motifs is 1. The number of rotatable bonds is 6.